The van der Waals surface area contributed by atoms with Gasteiger partial charge in [0, 0.05) is 13.2 Å². The van der Waals surface area contributed by atoms with Crippen molar-refractivity contribution in [3.8, 4) is 0 Å². The highest BCUT2D eigenvalue weighted by molar-refractivity contribution is 5.98. The van der Waals surface area contributed by atoms with Gasteiger partial charge in [0.1, 0.15) is 29.5 Å². The van der Waals surface area contributed by atoms with Crippen molar-refractivity contribution in [3.05, 3.63) is 57.5 Å². The van der Waals surface area contributed by atoms with Crippen molar-refractivity contribution in [2.24, 2.45) is 0 Å². The Kier molecular flexibility index (Phi) is 5.72. The molecule has 12 heteroatoms. The Hall–Kier alpha value is -3.64. The normalized spacial score (nSPS) is 14.1. The van der Waals surface area contributed by atoms with E-state index < -0.39 is 29.8 Å². The lowest BCUT2D eigenvalue weighted by atomic mass is 10.2. The molecule has 1 aliphatic heterocycles. The van der Waals surface area contributed by atoms with Crippen LogP contribution in [0.3, 0.4) is 0 Å². The Balaban J connectivity index is 1.77. The highest BCUT2D eigenvalue weighted by atomic mass is 19.1. The van der Waals surface area contributed by atoms with Crippen LogP contribution in [0.4, 0.5) is 10.2 Å². The molecule has 168 valence electrons. The van der Waals surface area contributed by atoms with Crippen LogP contribution < -0.4 is 10.9 Å². The number of amides is 2. The summed E-state index contributed by atoms with van der Waals surface area (Å²) in [5.41, 5.74) is 0.196. The van der Waals surface area contributed by atoms with Gasteiger partial charge in [0.25, 0.3) is 11.5 Å². The summed E-state index contributed by atoms with van der Waals surface area (Å²) in [6.07, 6.45) is 0.966. The number of rotatable bonds is 7. The van der Waals surface area contributed by atoms with E-state index in [2.05, 4.69) is 15.4 Å². The second-order valence-electron chi connectivity index (χ2n) is 7.43. The Morgan fingerprint density at radius 1 is 1.38 bits per heavy atom. The number of aromatic nitrogens is 4. The average Bonchev–Trinajstić information content (AvgIpc) is 3.35. The molecule has 0 aromatic carbocycles. The number of carbonyl (C=O) groups is 2. The van der Waals surface area contributed by atoms with Gasteiger partial charge in [0.15, 0.2) is 0 Å². The van der Waals surface area contributed by atoms with Gasteiger partial charge in [-0.15, -0.1) is 0 Å². The molecule has 2 amide bonds. The number of aliphatic hydroxyl groups is 1. The molecule has 0 unspecified atom stereocenters. The fourth-order valence-corrected chi connectivity index (χ4v) is 3.73. The molecule has 11 nitrogen and oxygen atoms in total. The first-order valence-corrected chi connectivity index (χ1v) is 9.80. The Labute approximate surface area is 181 Å². The summed E-state index contributed by atoms with van der Waals surface area (Å²) >= 11 is 0. The first-order chi connectivity index (χ1) is 15.3. The van der Waals surface area contributed by atoms with Crippen LogP contribution in [0.15, 0.2) is 29.2 Å². The minimum atomic E-state index is -0.547. The molecule has 0 saturated carbocycles. The van der Waals surface area contributed by atoms with Crippen LogP contribution in [0.25, 0.3) is 5.65 Å². The maximum atomic E-state index is 13.2. The summed E-state index contributed by atoms with van der Waals surface area (Å²) < 4.78 is 20.7. The third-order valence-corrected chi connectivity index (χ3v) is 5.21. The summed E-state index contributed by atoms with van der Waals surface area (Å²) in [4.78, 5) is 44.3. The van der Waals surface area contributed by atoms with Crippen molar-refractivity contribution >= 4 is 23.3 Å². The maximum Gasteiger partial charge on any atom is 0.280 e. The van der Waals surface area contributed by atoms with Gasteiger partial charge in [-0.2, -0.15) is 9.61 Å². The molecule has 4 rings (SSSR count). The van der Waals surface area contributed by atoms with E-state index in [-0.39, 0.29) is 54.2 Å². The van der Waals surface area contributed by atoms with E-state index in [9.17, 15) is 23.9 Å². The maximum absolute atomic E-state index is 13.2. The monoisotopic (exact) mass is 444 g/mol. The van der Waals surface area contributed by atoms with Gasteiger partial charge in [-0.3, -0.25) is 14.4 Å². The lowest BCUT2D eigenvalue weighted by molar-refractivity contribution is -0.116. The van der Waals surface area contributed by atoms with E-state index in [1.165, 1.54) is 28.7 Å². The molecular weight excluding hydrogens is 423 g/mol. The van der Waals surface area contributed by atoms with E-state index in [0.29, 0.717) is 0 Å². The summed E-state index contributed by atoms with van der Waals surface area (Å²) in [5, 5.41) is 16.1. The Morgan fingerprint density at radius 3 is 2.81 bits per heavy atom. The van der Waals surface area contributed by atoms with Crippen LogP contribution in [0.2, 0.25) is 0 Å². The van der Waals surface area contributed by atoms with E-state index >= 15 is 0 Å². The van der Waals surface area contributed by atoms with Crippen molar-refractivity contribution in [3.63, 3.8) is 0 Å². The third-order valence-electron chi connectivity index (χ3n) is 5.21. The number of aliphatic hydroxyl groups excluding tert-OH is 1. The number of pyridine rings is 1. The van der Waals surface area contributed by atoms with Gasteiger partial charge >= 0.3 is 0 Å². The molecule has 2 N–H and O–H groups in total. The molecule has 0 bridgehead atoms. The molecule has 4 heterocycles. The Bertz CT molecular complexity index is 1250. The number of anilines is 1. The predicted molar refractivity (Wildman–Crippen MR) is 109 cm³/mol. The number of hydrogen-bond donors (Lipinski definition) is 2. The first-order valence-electron chi connectivity index (χ1n) is 9.80. The van der Waals surface area contributed by atoms with Crippen LogP contribution in [0, 0.1) is 5.82 Å². The second kappa shape index (κ2) is 8.48. The number of methoxy groups -OCH3 is 1. The number of nitrogens with zero attached hydrogens (tertiary/aromatic N) is 5. The zero-order valence-corrected chi connectivity index (χ0v) is 17.4. The van der Waals surface area contributed by atoms with E-state index in [4.69, 9.17) is 4.74 Å². The second-order valence-corrected chi connectivity index (χ2v) is 7.43. The van der Waals surface area contributed by atoms with Gasteiger partial charge < -0.3 is 24.6 Å². The molecule has 0 fully saturated rings. The number of carbonyl (C=O) groups excluding carboxylic acids is 2. The minimum absolute atomic E-state index is 0.0446. The fraction of sp³-hybridized carbons (Fsp3) is 0.350. The fourth-order valence-electron chi connectivity index (χ4n) is 3.73. The van der Waals surface area contributed by atoms with Gasteiger partial charge in [0.2, 0.25) is 5.91 Å². The van der Waals surface area contributed by atoms with Crippen LogP contribution >= 0.6 is 0 Å². The molecule has 0 radical (unpaired) electrons. The van der Waals surface area contributed by atoms with Crippen molar-refractivity contribution in [1.82, 2.24) is 24.1 Å². The molecule has 1 atom stereocenters. The summed E-state index contributed by atoms with van der Waals surface area (Å²) in [6.45, 7) is 1.37. The van der Waals surface area contributed by atoms with Gasteiger partial charge in [-0.05, 0) is 19.1 Å². The molecule has 32 heavy (non-hydrogen) atoms. The van der Waals surface area contributed by atoms with Crippen molar-refractivity contribution in [1.29, 1.82) is 0 Å². The van der Waals surface area contributed by atoms with Crippen LogP contribution in [-0.2, 0) is 29.2 Å². The number of nitrogens with one attached hydrogen (secondary N) is 1. The number of fused-ring (bicyclic) bond motifs is 2. The molecule has 0 spiro atoms. The molecule has 3 aromatic heterocycles. The van der Waals surface area contributed by atoms with Crippen molar-refractivity contribution in [2.45, 2.75) is 32.7 Å². The van der Waals surface area contributed by atoms with Gasteiger partial charge in [0.05, 0.1) is 43.3 Å². The number of ether oxygens (including phenoxy) is 1. The third kappa shape index (κ3) is 3.74. The van der Waals surface area contributed by atoms with Gasteiger partial charge in [-0.1, -0.05) is 0 Å². The molecule has 3 aromatic rings. The summed E-state index contributed by atoms with van der Waals surface area (Å²) in [5.74, 6) is -1.37. The highest BCUT2D eigenvalue weighted by Crippen LogP contribution is 2.24. The Morgan fingerprint density at radius 2 is 2.16 bits per heavy atom. The largest absolute Gasteiger partial charge is 0.390 e. The summed E-state index contributed by atoms with van der Waals surface area (Å²) in [7, 11) is 1.52. The smallest absolute Gasteiger partial charge is 0.280 e. The number of hydrogen-bond acceptors (Lipinski definition) is 7. The summed E-state index contributed by atoms with van der Waals surface area (Å²) in [6, 6.07) is 3.60. The molecule has 1 aliphatic rings. The standard InChI is InChI=1S/C20H21FN6O5/c1-11(10-32-2)25-7-14-18(20(25)31)26(17-5-13(9-28)24-27(17)19(14)30)8-16(29)23-15-4-3-12(21)6-22-15/h3-6,11,28H,7-10H2,1-2H3,(H,22,23,29)/t11-/m1/s1. The highest BCUT2D eigenvalue weighted by Gasteiger charge is 2.37. The number of halogens is 1. The topological polar surface area (TPSA) is 131 Å². The van der Waals surface area contributed by atoms with Crippen molar-refractivity contribution < 1.29 is 23.8 Å². The first kappa shape index (κ1) is 21.6. The molecular formula is C20H21FN6O5. The SMILES string of the molecule is COC[C@@H](C)N1Cc2c(n(CC(=O)Nc3ccc(F)cn3)c3cc(CO)nn3c2=O)C1=O. The van der Waals surface area contributed by atoms with E-state index in [0.717, 1.165) is 16.8 Å². The van der Waals surface area contributed by atoms with Crippen LogP contribution in [0.1, 0.15) is 28.7 Å². The zero-order chi connectivity index (χ0) is 23.0. The van der Waals surface area contributed by atoms with E-state index in [1.807, 2.05) is 0 Å². The molecule has 0 aliphatic carbocycles. The minimum Gasteiger partial charge on any atom is -0.390 e. The predicted octanol–water partition coefficient (Wildman–Crippen LogP) is 0.152. The lowest BCUT2D eigenvalue weighted by Crippen LogP contribution is -2.37. The lowest BCUT2D eigenvalue weighted by Gasteiger charge is -2.23. The zero-order valence-electron chi connectivity index (χ0n) is 17.4. The molecule has 0 saturated heterocycles. The van der Waals surface area contributed by atoms with Crippen LogP contribution in [0.5, 0.6) is 0 Å². The quantitative estimate of drug-likeness (QED) is 0.530. The average molecular weight is 444 g/mol. The van der Waals surface area contributed by atoms with Crippen LogP contribution in [-0.4, -0.2) is 60.7 Å². The van der Waals surface area contributed by atoms with E-state index in [1.54, 1.807) is 6.92 Å². The van der Waals surface area contributed by atoms with Gasteiger partial charge in [-0.25, -0.2) is 9.37 Å². The van der Waals surface area contributed by atoms with Crippen molar-refractivity contribution in [2.75, 3.05) is 19.0 Å².